The second-order valence-corrected chi connectivity index (χ2v) is 4.62. The normalized spacial score (nSPS) is 10.3. The van der Waals surface area contributed by atoms with Crippen LogP contribution in [0.2, 0.25) is 0 Å². The van der Waals surface area contributed by atoms with E-state index in [1.165, 1.54) is 18.4 Å². The van der Waals surface area contributed by atoms with Crippen molar-refractivity contribution in [1.29, 1.82) is 0 Å². The molecule has 0 amide bonds. The lowest BCUT2D eigenvalue weighted by Crippen LogP contribution is -2.00. The van der Waals surface area contributed by atoms with Gasteiger partial charge in [0.05, 0.1) is 12.4 Å². The maximum absolute atomic E-state index is 5.71. The van der Waals surface area contributed by atoms with Crippen LogP contribution in [-0.4, -0.2) is 16.5 Å². The second kappa shape index (κ2) is 7.48. The first-order valence-corrected chi connectivity index (χ1v) is 7.14. The molecule has 2 aromatic rings. The zero-order chi connectivity index (χ0) is 14.2. The van der Waals surface area contributed by atoms with Gasteiger partial charge < -0.3 is 10.1 Å². The van der Waals surface area contributed by atoms with Crippen LogP contribution >= 0.6 is 0 Å². The third-order valence-electron chi connectivity index (χ3n) is 2.94. The van der Waals surface area contributed by atoms with Gasteiger partial charge in [-0.05, 0) is 37.5 Å². The topological polar surface area (TPSA) is 47.0 Å². The summed E-state index contributed by atoms with van der Waals surface area (Å²) in [6, 6.07) is 8.17. The van der Waals surface area contributed by atoms with Crippen LogP contribution in [0.4, 0.5) is 5.82 Å². The average molecular weight is 271 g/mol. The molecule has 0 atom stereocenters. The Morgan fingerprint density at radius 2 is 1.90 bits per heavy atom. The number of nitrogens with zero attached hydrogens (tertiary/aromatic N) is 2. The molecule has 0 saturated heterocycles. The van der Waals surface area contributed by atoms with Gasteiger partial charge in [0.15, 0.2) is 0 Å². The highest BCUT2D eigenvalue weighted by Gasteiger charge is 2.01. The summed E-state index contributed by atoms with van der Waals surface area (Å²) in [4.78, 5) is 8.44. The van der Waals surface area contributed by atoms with Crippen molar-refractivity contribution in [1.82, 2.24) is 9.97 Å². The molecule has 0 aliphatic heterocycles. The lowest BCUT2D eigenvalue weighted by atomic mass is 10.1. The zero-order valence-electron chi connectivity index (χ0n) is 12.1. The number of benzene rings is 1. The number of anilines is 1. The largest absolute Gasteiger partial charge is 0.437 e. The number of aryl methyl sites for hydroxylation is 1. The first-order valence-electron chi connectivity index (χ1n) is 7.14. The number of hydrogen-bond acceptors (Lipinski definition) is 4. The van der Waals surface area contributed by atoms with Gasteiger partial charge in [0.1, 0.15) is 11.6 Å². The van der Waals surface area contributed by atoms with E-state index in [1.54, 1.807) is 12.4 Å². The van der Waals surface area contributed by atoms with Crippen LogP contribution in [0, 0.1) is 0 Å². The van der Waals surface area contributed by atoms with E-state index in [1.807, 2.05) is 19.1 Å². The van der Waals surface area contributed by atoms with Crippen molar-refractivity contribution in [3.63, 3.8) is 0 Å². The second-order valence-electron chi connectivity index (χ2n) is 4.62. The Bertz CT molecular complexity index is 526. The summed E-state index contributed by atoms with van der Waals surface area (Å²) in [5.74, 6) is 2.02. The van der Waals surface area contributed by atoms with Crippen LogP contribution in [0.5, 0.6) is 11.6 Å². The van der Waals surface area contributed by atoms with Gasteiger partial charge in [-0.25, -0.2) is 0 Å². The molecule has 0 fully saturated rings. The van der Waals surface area contributed by atoms with E-state index >= 15 is 0 Å². The third-order valence-corrected chi connectivity index (χ3v) is 2.94. The molecule has 0 radical (unpaired) electrons. The maximum atomic E-state index is 5.71. The molecule has 0 unspecified atom stereocenters. The van der Waals surface area contributed by atoms with Gasteiger partial charge >= 0.3 is 0 Å². The molecule has 1 aromatic carbocycles. The monoisotopic (exact) mass is 271 g/mol. The molecule has 1 N–H and O–H groups in total. The van der Waals surface area contributed by atoms with Crippen molar-refractivity contribution >= 4 is 5.82 Å². The molecule has 0 saturated carbocycles. The van der Waals surface area contributed by atoms with Gasteiger partial charge in [-0.2, -0.15) is 4.98 Å². The SMILES string of the molecule is CCCCc1ccc(Oc2cncc(NCC)n2)cc1. The number of unbranched alkanes of at least 4 members (excludes halogenated alkanes) is 1. The van der Waals surface area contributed by atoms with Crippen LogP contribution in [0.15, 0.2) is 36.7 Å². The van der Waals surface area contributed by atoms with Crippen molar-refractivity contribution in [2.75, 3.05) is 11.9 Å². The van der Waals surface area contributed by atoms with E-state index in [0.717, 1.165) is 24.5 Å². The highest BCUT2D eigenvalue weighted by Crippen LogP contribution is 2.20. The molecule has 0 aliphatic rings. The van der Waals surface area contributed by atoms with E-state index in [0.29, 0.717) is 5.88 Å². The van der Waals surface area contributed by atoms with Crippen molar-refractivity contribution in [3.05, 3.63) is 42.2 Å². The molecule has 1 heterocycles. The molecule has 0 bridgehead atoms. The quantitative estimate of drug-likeness (QED) is 0.825. The van der Waals surface area contributed by atoms with Crippen molar-refractivity contribution in [2.24, 2.45) is 0 Å². The summed E-state index contributed by atoms with van der Waals surface area (Å²) in [5.41, 5.74) is 1.34. The van der Waals surface area contributed by atoms with E-state index in [9.17, 15) is 0 Å². The molecule has 0 spiro atoms. The van der Waals surface area contributed by atoms with Crippen LogP contribution in [0.1, 0.15) is 32.3 Å². The summed E-state index contributed by atoms with van der Waals surface area (Å²) in [6.07, 6.45) is 6.85. The van der Waals surface area contributed by atoms with Crippen LogP contribution < -0.4 is 10.1 Å². The van der Waals surface area contributed by atoms with Gasteiger partial charge in [-0.3, -0.25) is 4.98 Å². The molecule has 0 aliphatic carbocycles. The highest BCUT2D eigenvalue weighted by molar-refractivity contribution is 5.35. The molecule has 20 heavy (non-hydrogen) atoms. The number of ether oxygens (including phenoxy) is 1. The number of rotatable bonds is 7. The Morgan fingerprint density at radius 1 is 1.10 bits per heavy atom. The van der Waals surface area contributed by atoms with Crippen molar-refractivity contribution in [2.45, 2.75) is 33.1 Å². The summed E-state index contributed by atoms with van der Waals surface area (Å²) in [7, 11) is 0. The summed E-state index contributed by atoms with van der Waals surface area (Å²) in [6.45, 7) is 5.03. The van der Waals surface area contributed by atoms with Gasteiger partial charge in [0.2, 0.25) is 5.88 Å². The van der Waals surface area contributed by atoms with Crippen molar-refractivity contribution < 1.29 is 4.74 Å². The van der Waals surface area contributed by atoms with Crippen LogP contribution in [0.3, 0.4) is 0 Å². The minimum Gasteiger partial charge on any atom is -0.437 e. The fraction of sp³-hybridized carbons (Fsp3) is 0.375. The average Bonchev–Trinajstić information content (AvgIpc) is 2.47. The molecule has 4 heteroatoms. The van der Waals surface area contributed by atoms with Gasteiger partial charge in [-0.1, -0.05) is 25.5 Å². The predicted molar refractivity (Wildman–Crippen MR) is 81.3 cm³/mol. The molecule has 106 valence electrons. The smallest absolute Gasteiger partial charge is 0.239 e. The molecule has 4 nitrogen and oxygen atoms in total. The lowest BCUT2D eigenvalue weighted by Gasteiger charge is -2.07. The first kappa shape index (κ1) is 14.3. The number of hydrogen-bond donors (Lipinski definition) is 1. The molecular weight excluding hydrogens is 250 g/mol. The van der Waals surface area contributed by atoms with Crippen LogP contribution in [0.25, 0.3) is 0 Å². The van der Waals surface area contributed by atoms with E-state index < -0.39 is 0 Å². The fourth-order valence-corrected chi connectivity index (χ4v) is 1.89. The Labute approximate surface area is 120 Å². The van der Waals surface area contributed by atoms with Gasteiger partial charge in [0.25, 0.3) is 0 Å². The van der Waals surface area contributed by atoms with E-state index in [2.05, 4.69) is 34.3 Å². The Balaban J connectivity index is 2.00. The zero-order valence-corrected chi connectivity index (χ0v) is 12.1. The molecule has 1 aromatic heterocycles. The Morgan fingerprint density at radius 3 is 2.60 bits per heavy atom. The molecule has 2 rings (SSSR count). The standard InChI is InChI=1S/C16H21N3O/c1-3-5-6-13-7-9-14(10-8-13)20-16-12-17-11-15(19-16)18-4-2/h7-12H,3-6H2,1-2H3,(H,18,19). The van der Waals surface area contributed by atoms with Crippen molar-refractivity contribution in [3.8, 4) is 11.6 Å². The minimum absolute atomic E-state index is 0.504. The highest BCUT2D eigenvalue weighted by atomic mass is 16.5. The minimum atomic E-state index is 0.504. The Hall–Kier alpha value is -2.10. The number of aromatic nitrogens is 2. The van der Waals surface area contributed by atoms with Gasteiger partial charge in [0, 0.05) is 6.54 Å². The molecular formula is C16H21N3O. The van der Waals surface area contributed by atoms with E-state index in [4.69, 9.17) is 4.74 Å². The van der Waals surface area contributed by atoms with Crippen LogP contribution in [-0.2, 0) is 6.42 Å². The number of nitrogens with one attached hydrogen (secondary N) is 1. The summed E-state index contributed by atoms with van der Waals surface area (Å²) in [5, 5.41) is 3.11. The Kier molecular flexibility index (Phi) is 5.35. The van der Waals surface area contributed by atoms with Gasteiger partial charge in [-0.15, -0.1) is 0 Å². The van der Waals surface area contributed by atoms with E-state index in [-0.39, 0.29) is 0 Å². The fourth-order valence-electron chi connectivity index (χ4n) is 1.89. The predicted octanol–water partition coefficient (Wildman–Crippen LogP) is 4.04. The first-order chi connectivity index (χ1) is 9.81. The summed E-state index contributed by atoms with van der Waals surface area (Å²) >= 11 is 0. The summed E-state index contributed by atoms with van der Waals surface area (Å²) < 4.78 is 5.71. The lowest BCUT2D eigenvalue weighted by molar-refractivity contribution is 0.460. The maximum Gasteiger partial charge on any atom is 0.239 e. The third kappa shape index (κ3) is 4.23.